The summed E-state index contributed by atoms with van der Waals surface area (Å²) in [6, 6.07) is 3.10. The first-order valence-corrected chi connectivity index (χ1v) is 11.6. The number of alkyl halides is 2. The van der Waals surface area contributed by atoms with Crippen LogP contribution in [0.5, 0.6) is 11.5 Å². The van der Waals surface area contributed by atoms with Gasteiger partial charge in [0.25, 0.3) is 5.92 Å². The maximum Gasteiger partial charge on any atom is 0.380 e. The number of fused-ring (bicyclic) bond motifs is 5. The van der Waals surface area contributed by atoms with Crippen molar-refractivity contribution in [3.8, 4) is 11.5 Å². The Morgan fingerprint density at radius 1 is 1.27 bits per heavy atom. The minimum atomic E-state index is -4.29. The van der Waals surface area contributed by atoms with Gasteiger partial charge in [-0.2, -0.15) is 13.6 Å². The van der Waals surface area contributed by atoms with Crippen LogP contribution in [-0.4, -0.2) is 32.4 Å². The van der Waals surface area contributed by atoms with Crippen molar-refractivity contribution in [3.63, 3.8) is 0 Å². The number of oxime groups is 1. The van der Waals surface area contributed by atoms with Gasteiger partial charge in [0.2, 0.25) is 0 Å². The number of rotatable bonds is 4. The van der Waals surface area contributed by atoms with Crippen LogP contribution < -0.4 is 14.1 Å². The van der Waals surface area contributed by atoms with Gasteiger partial charge in [-0.3, -0.25) is 0 Å². The van der Waals surface area contributed by atoms with Crippen LogP contribution in [0, 0.1) is 17.3 Å². The zero-order chi connectivity index (χ0) is 21.9. The highest BCUT2D eigenvalue weighted by Gasteiger charge is 2.65. The molecule has 0 spiro atoms. The number of hydrogen-bond donors (Lipinski definition) is 2. The van der Waals surface area contributed by atoms with E-state index in [1.807, 2.05) is 6.92 Å². The van der Waals surface area contributed by atoms with E-state index in [0.717, 1.165) is 5.56 Å². The third-order valence-electron chi connectivity index (χ3n) is 7.58. The fraction of sp³-hybridized carbons (Fsp3) is 0.650. The van der Waals surface area contributed by atoms with Crippen LogP contribution in [0.25, 0.3) is 0 Å². The van der Waals surface area contributed by atoms with E-state index in [-0.39, 0.29) is 35.7 Å². The summed E-state index contributed by atoms with van der Waals surface area (Å²) >= 11 is 0. The van der Waals surface area contributed by atoms with E-state index in [2.05, 4.69) is 5.16 Å². The van der Waals surface area contributed by atoms with Crippen LogP contribution in [0.1, 0.15) is 62.5 Å². The molecule has 10 heteroatoms. The Morgan fingerprint density at radius 3 is 2.60 bits per heavy atom. The molecule has 1 aromatic carbocycles. The topological polar surface area (TPSA) is 111 Å². The molecule has 1 aromatic rings. The van der Waals surface area contributed by atoms with Gasteiger partial charge in [0.05, 0.1) is 12.8 Å². The number of benzene rings is 1. The molecule has 3 aliphatic rings. The fourth-order valence-corrected chi connectivity index (χ4v) is 6.69. The number of nitrogens with two attached hydrogens (primary N) is 1. The predicted octanol–water partition coefficient (Wildman–Crippen LogP) is 3.79. The molecule has 0 saturated heterocycles. The van der Waals surface area contributed by atoms with E-state index in [9.17, 15) is 22.4 Å². The van der Waals surface area contributed by atoms with Crippen molar-refractivity contribution in [2.45, 2.75) is 57.3 Å². The van der Waals surface area contributed by atoms with Crippen molar-refractivity contribution in [2.24, 2.45) is 27.5 Å². The van der Waals surface area contributed by atoms with Crippen LogP contribution >= 0.6 is 0 Å². The van der Waals surface area contributed by atoms with E-state index in [4.69, 9.17) is 14.1 Å². The molecule has 3 unspecified atom stereocenters. The lowest BCUT2D eigenvalue weighted by molar-refractivity contribution is -0.143. The van der Waals surface area contributed by atoms with Crippen LogP contribution in [0.3, 0.4) is 0 Å². The van der Waals surface area contributed by atoms with Crippen molar-refractivity contribution in [3.05, 3.63) is 23.3 Å². The molecule has 4 atom stereocenters. The van der Waals surface area contributed by atoms with Gasteiger partial charge < -0.3 is 14.1 Å². The summed E-state index contributed by atoms with van der Waals surface area (Å²) in [5, 5.41) is 18.1. The molecule has 30 heavy (non-hydrogen) atoms. The third kappa shape index (κ3) is 3.07. The molecule has 4 rings (SSSR count). The molecular formula is C20H26F2N2O5S. The number of hydrogen-bond acceptors (Lipinski definition) is 6. The van der Waals surface area contributed by atoms with E-state index >= 15 is 0 Å². The molecule has 7 nitrogen and oxygen atoms in total. The summed E-state index contributed by atoms with van der Waals surface area (Å²) in [4.78, 5) is 0. The monoisotopic (exact) mass is 444 g/mol. The van der Waals surface area contributed by atoms with Gasteiger partial charge in [0.1, 0.15) is 0 Å². The number of nitrogens with zero attached hydrogens (tertiary/aromatic N) is 1. The molecule has 2 fully saturated rings. The average molecular weight is 445 g/mol. The van der Waals surface area contributed by atoms with Gasteiger partial charge in [-0.15, -0.1) is 0 Å². The van der Waals surface area contributed by atoms with Crippen molar-refractivity contribution in [1.29, 1.82) is 0 Å². The van der Waals surface area contributed by atoms with Gasteiger partial charge in [-0.1, -0.05) is 12.1 Å². The molecule has 166 valence electrons. The van der Waals surface area contributed by atoms with E-state index < -0.39 is 21.6 Å². The summed E-state index contributed by atoms with van der Waals surface area (Å²) in [5.74, 6) is -2.90. The molecule has 3 N–H and O–H groups in total. The molecule has 0 radical (unpaired) electrons. The minimum Gasteiger partial charge on any atom is -0.493 e. The second-order valence-electron chi connectivity index (χ2n) is 8.59. The molecule has 0 amide bonds. The maximum absolute atomic E-state index is 14.9. The van der Waals surface area contributed by atoms with Crippen LogP contribution in [0.2, 0.25) is 0 Å². The van der Waals surface area contributed by atoms with Gasteiger partial charge >= 0.3 is 10.3 Å². The second-order valence-corrected chi connectivity index (χ2v) is 9.74. The van der Waals surface area contributed by atoms with E-state index in [0.29, 0.717) is 43.4 Å². The summed E-state index contributed by atoms with van der Waals surface area (Å²) < 4.78 is 62.8. The van der Waals surface area contributed by atoms with Crippen molar-refractivity contribution in [1.82, 2.24) is 0 Å². The number of ether oxygens (including phenoxy) is 1. The Morgan fingerprint density at radius 2 is 2.00 bits per heavy atom. The third-order valence-corrected chi connectivity index (χ3v) is 7.99. The number of methoxy groups -OCH3 is 1. The molecule has 0 heterocycles. The lowest BCUT2D eigenvalue weighted by Gasteiger charge is -2.51. The van der Waals surface area contributed by atoms with Crippen LogP contribution in [-0.2, 0) is 10.3 Å². The average Bonchev–Trinajstić information content (AvgIpc) is 2.96. The first-order valence-electron chi connectivity index (χ1n) is 10.1. The molecule has 0 aliphatic heterocycles. The van der Waals surface area contributed by atoms with Crippen molar-refractivity contribution in [2.75, 3.05) is 7.11 Å². The zero-order valence-electron chi connectivity index (χ0n) is 16.9. The maximum atomic E-state index is 14.9. The normalized spacial score (nSPS) is 33.5. The highest BCUT2D eigenvalue weighted by atomic mass is 32.2. The predicted molar refractivity (Wildman–Crippen MR) is 106 cm³/mol. The summed E-state index contributed by atoms with van der Waals surface area (Å²) in [6.07, 6.45) is 2.09. The highest BCUT2D eigenvalue weighted by molar-refractivity contribution is 7.84. The fourth-order valence-electron chi connectivity index (χ4n) is 6.31. The Balaban J connectivity index is 1.81. The Kier molecular flexibility index (Phi) is 5.00. The summed E-state index contributed by atoms with van der Waals surface area (Å²) in [6.45, 7) is 1.84. The van der Waals surface area contributed by atoms with Crippen LogP contribution in [0.15, 0.2) is 17.3 Å². The Hall–Kier alpha value is -1.94. The molecule has 0 bridgehead atoms. The SMILES string of the molecule is CC[C@]12CCC3c4cc(OC)c(OS(N)(=O)=O)cc4/C(=N\O)CC3C1CCC2(F)F. The van der Waals surface area contributed by atoms with Gasteiger partial charge in [-0.05, 0) is 67.6 Å². The van der Waals surface area contributed by atoms with Gasteiger partial charge in [0, 0.05) is 17.4 Å². The van der Waals surface area contributed by atoms with Gasteiger partial charge in [-0.25, -0.2) is 8.78 Å². The van der Waals surface area contributed by atoms with Crippen LogP contribution in [0.4, 0.5) is 8.78 Å². The molecule has 3 aliphatic carbocycles. The largest absolute Gasteiger partial charge is 0.493 e. The molecular weight excluding hydrogens is 418 g/mol. The lowest BCUT2D eigenvalue weighted by atomic mass is 9.53. The smallest absolute Gasteiger partial charge is 0.380 e. The van der Waals surface area contributed by atoms with Gasteiger partial charge in [0.15, 0.2) is 11.5 Å². The first-order chi connectivity index (χ1) is 14.1. The second kappa shape index (κ2) is 7.05. The standard InChI is InChI=1S/C20H26F2N2O5S/c1-3-19-6-4-11-12-9-17(28-2)18(29-30(23,26)27)10-14(12)16(24-25)8-13(11)15(19)5-7-20(19,21)22/h9-11,13,15,25H,3-8H2,1-2H3,(H2,23,26,27)/b24-16-/t11?,13?,15?,19-/m0/s1. The molecule has 0 aromatic heterocycles. The minimum absolute atomic E-state index is 0.0125. The van der Waals surface area contributed by atoms with Crippen molar-refractivity contribution >= 4 is 16.0 Å². The zero-order valence-corrected chi connectivity index (χ0v) is 17.7. The molecule has 2 saturated carbocycles. The summed E-state index contributed by atoms with van der Waals surface area (Å²) in [7, 11) is -2.91. The van der Waals surface area contributed by atoms with Crippen molar-refractivity contribution < 1.29 is 31.3 Å². The highest BCUT2D eigenvalue weighted by Crippen LogP contribution is 2.67. The van der Waals surface area contributed by atoms with E-state index in [1.165, 1.54) is 13.2 Å². The lowest BCUT2D eigenvalue weighted by Crippen LogP contribution is -2.49. The summed E-state index contributed by atoms with van der Waals surface area (Å²) in [5.41, 5.74) is 0.646. The number of halogens is 2. The Bertz CT molecular complexity index is 997. The Labute approximate surface area is 174 Å². The quantitative estimate of drug-likeness (QED) is 0.542. The first kappa shape index (κ1) is 21.3. The van der Waals surface area contributed by atoms with E-state index in [1.54, 1.807) is 6.07 Å².